The molecule has 0 aromatic heterocycles. The van der Waals surface area contributed by atoms with Crippen molar-refractivity contribution in [2.75, 3.05) is 53.0 Å². The Morgan fingerprint density at radius 1 is 1.10 bits per heavy atom. The highest BCUT2D eigenvalue weighted by molar-refractivity contribution is 6.01. The Kier molecular flexibility index (Phi) is 5.46. The molecule has 1 aromatic rings. The van der Waals surface area contributed by atoms with Gasteiger partial charge in [-0.05, 0) is 17.7 Å². The molecule has 3 amide bonds. The maximum atomic E-state index is 13.1. The van der Waals surface area contributed by atoms with Crippen LogP contribution in [0.2, 0.25) is 0 Å². The average molecular weight is 424 g/mol. The lowest BCUT2D eigenvalue weighted by Gasteiger charge is -2.31. The number of halogens is 3. The average Bonchev–Trinajstić information content (AvgIpc) is 3.06. The molecule has 30 heavy (non-hydrogen) atoms. The number of nitrogens with zero attached hydrogens (tertiary/aromatic N) is 3. The molecule has 1 atom stereocenters. The highest BCUT2D eigenvalue weighted by Gasteiger charge is 2.43. The van der Waals surface area contributed by atoms with Gasteiger partial charge in [-0.2, -0.15) is 13.2 Å². The number of amides is 3. The molecule has 7 nitrogen and oxygen atoms in total. The Morgan fingerprint density at radius 3 is 2.40 bits per heavy atom. The first-order valence-corrected chi connectivity index (χ1v) is 9.79. The van der Waals surface area contributed by atoms with Crippen molar-refractivity contribution in [2.24, 2.45) is 0 Å². The van der Waals surface area contributed by atoms with Crippen LogP contribution in [-0.4, -0.2) is 79.6 Å². The maximum Gasteiger partial charge on any atom is 0.416 e. The summed E-state index contributed by atoms with van der Waals surface area (Å²) in [5.74, 6) is -0.199. The van der Waals surface area contributed by atoms with Crippen molar-refractivity contribution in [3.8, 4) is 0 Å². The van der Waals surface area contributed by atoms with Gasteiger partial charge in [0.25, 0.3) is 5.91 Å². The number of urea groups is 1. The van der Waals surface area contributed by atoms with E-state index in [1.807, 2.05) is 0 Å². The zero-order chi connectivity index (χ0) is 21.5. The first-order chi connectivity index (χ1) is 14.3. The second kappa shape index (κ2) is 7.92. The number of alkyl halides is 3. The van der Waals surface area contributed by atoms with Gasteiger partial charge in [0.15, 0.2) is 0 Å². The van der Waals surface area contributed by atoms with Crippen LogP contribution in [0, 0.1) is 0 Å². The number of benzene rings is 1. The number of nitrogens with one attached hydrogen (secondary N) is 1. The van der Waals surface area contributed by atoms with Crippen molar-refractivity contribution in [3.63, 3.8) is 0 Å². The van der Waals surface area contributed by atoms with Gasteiger partial charge in [-0.3, -0.25) is 14.6 Å². The van der Waals surface area contributed by atoms with Gasteiger partial charge in [0.05, 0.1) is 42.6 Å². The quantitative estimate of drug-likeness (QED) is 0.801. The Labute approximate surface area is 172 Å². The van der Waals surface area contributed by atoms with Crippen LogP contribution in [0.3, 0.4) is 0 Å². The largest absolute Gasteiger partial charge is 0.416 e. The molecule has 0 spiro atoms. The predicted octanol–water partition coefficient (Wildman–Crippen LogP) is 1.83. The van der Waals surface area contributed by atoms with Crippen LogP contribution in [0.25, 0.3) is 0 Å². The minimum absolute atomic E-state index is 0.199. The predicted molar refractivity (Wildman–Crippen MR) is 101 cm³/mol. The summed E-state index contributed by atoms with van der Waals surface area (Å²) in [6.07, 6.45) is -4.45. The van der Waals surface area contributed by atoms with Crippen molar-refractivity contribution in [2.45, 2.75) is 12.2 Å². The second-order valence-electron chi connectivity index (χ2n) is 7.60. The van der Waals surface area contributed by atoms with Crippen molar-refractivity contribution < 1.29 is 27.5 Å². The smallest absolute Gasteiger partial charge is 0.379 e. The molecule has 3 aliphatic rings. The topological polar surface area (TPSA) is 65.1 Å². The van der Waals surface area contributed by atoms with Gasteiger partial charge in [0.2, 0.25) is 0 Å². The van der Waals surface area contributed by atoms with E-state index in [4.69, 9.17) is 4.74 Å². The number of ether oxygens (including phenoxy) is 1. The number of carbonyl (C=O) groups is 2. The molecule has 1 fully saturated rings. The first-order valence-electron chi connectivity index (χ1n) is 9.79. The summed E-state index contributed by atoms with van der Waals surface area (Å²) in [6.45, 7) is 4.46. The van der Waals surface area contributed by atoms with Crippen LogP contribution in [0.1, 0.15) is 17.2 Å². The minimum atomic E-state index is -4.45. The second-order valence-corrected chi connectivity index (χ2v) is 7.60. The van der Waals surface area contributed by atoms with E-state index in [0.29, 0.717) is 49.7 Å². The Bertz CT molecular complexity index is 863. The molecular formula is C20H23F3N4O3. The van der Waals surface area contributed by atoms with Gasteiger partial charge in [0.1, 0.15) is 0 Å². The molecule has 0 aliphatic carbocycles. The molecule has 1 saturated heterocycles. The van der Waals surface area contributed by atoms with E-state index in [0.717, 1.165) is 25.2 Å². The monoisotopic (exact) mass is 424 g/mol. The third-order valence-electron chi connectivity index (χ3n) is 5.80. The summed E-state index contributed by atoms with van der Waals surface area (Å²) in [4.78, 5) is 30.9. The summed E-state index contributed by atoms with van der Waals surface area (Å²) in [7, 11) is 1.59. The fraction of sp³-hybridized carbons (Fsp3) is 0.500. The maximum absolute atomic E-state index is 13.1. The molecule has 1 aromatic carbocycles. The van der Waals surface area contributed by atoms with Gasteiger partial charge in [-0.15, -0.1) is 0 Å². The summed E-state index contributed by atoms with van der Waals surface area (Å²) >= 11 is 0. The van der Waals surface area contributed by atoms with Crippen LogP contribution < -0.4 is 5.32 Å². The van der Waals surface area contributed by atoms with Crippen molar-refractivity contribution in [1.29, 1.82) is 0 Å². The van der Waals surface area contributed by atoms with Gasteiger partial charge in [-0.1, -0.05) is 12.1 Å². The number of hydrogen-bond donors (Lipinski definition) is 1. The van der Waals surface area contributed by atoms with Crippen LogP contribution in [0.5, 0.6) is 0 Å². The van der Waals surface area contributed by atoms with Crippen molar-refractivity contribution >= 4 is 11.9 Å². The zero-order valence-electron chi connectivity index (χ0n) is 16.5. The first kappa shape index (κ1) is 20.7. The van der Waals surface area contributed by atoms with E-state index in [2.05, 4.69) is 10.2 Å². The van der Waals surface area contributed by atoms with E-state index in [1.54, 1.807) is 11.9 Å². The summed E-state index contributed by atoms with van der Waals surface area (Å²) in [5, 5.41) is 2.74. The fourth-order valence-electron chi connectivity index (χ4n) is 4.01. The van der Waals surface area contributed by atoms with Crippen LogP contribution in [0.15, 0.2) is 35.5 Å². The number of morpholine rings is 1. The van der Waals surface area contributed by atoms with E-state index in [1.165, 1.54) is 17.0 Å². The number of rotatable bonds is 4. The molecule has 10 heteroatoms. The Balaban J connectivity index is 1.54. The van der Waals surface area contributed by atoms with Crippen LogP contribution in [-0.2, 0) is 15.7 Å². The molecule has 3 aliphatic heterocycles. The highest BCUT2D eigenvalue weighted by Crippen LogP contribution is 2.37. The van der Waals surface area contributed by atoms with Crippen molar-refractivity contribution in [1.82, 2.24) is 20.0 Å². The van der Waals surface area contributed by atoms with Gasteiger partial charge in [-0.25, -0.2) is 4.79 Å². The van der Waals surface area contributed by atoms with E-state index in [9.17, 15) is 22.8 Å². The van der Waals surface area contributed by atoms with E-state index in [-0.39, 0.29) is 11.9 Å². The van der Waals surface area contributed by atoms with E-state index >= 15 is 0 Å². The summed E-state index contributed by atoms with van der Waals surface area (Å²) in [6, 6.07) is 3.40. The van der Waals surface area contributed by atoms with Gasteiger partial charge < -0.3 is 15.0 Å². The molecule has 0 bridgehead atoms. The SMILES string of the molecule is CN1C(=O)NC(c2ccc(C(F)(F)F)cc2)C2=C1CN(CCN1CCOCC1)C2=O. The Morgan fingerprint density at radius 2 is 1.77 bits per heavy atom. The highest BCUT2D eigenvalue weighted by atomic mass is 19.4. The molecule has 1 N–H and O–H groups in total. The number of likely N-dealkylation sites (N-methyl/N-ethyl adjacent to an activating group) is 1. The zero-order valence-corrected chi connectivity index (χ0v) is 16.5. The molecule has 0 saturated carbocycles. The Hall–Kier alpha value is -2.59. The summed E-state index contributed by atoms with van der Waals surface area (Å²) < 4.78 is 44.0. The summed E-state index contributed by atoms with van der Waals surface area (Å²) in [5.41, 5.74) is 0.680. The lowest BCUT2D eigenvalue weighted by Crippen LogP contribution is -2.45. The normalized spacial score (nSPS) is 23.1. The molecular weight excluding hydrogens is 401 g/mol. The van der Waals surface area contributed by atoms with Gasteiger partial charge >= 0.3 is 12.2 Å². The molecule has 162 valence electrons. The molecule has 1 unspecified atom stereocenters. The number of carbonyl (C=O) groups excluding carboxylic acids is 2. The third kappa shape index (κ3) is 3.89. The number of hydrogen-bond acceptors (Lipinski definition) is 4. The lowest BCUT2D eigenvalue weighted by molar-refractivity contribution is -0.137. The van der Waals surface area contributed by atoms with Crippen LogP contribution in [0.4, 0.5) is 18.0 Å². The lowest BCUT2D eigenvalue weighted by atomic mass is 9.95. The van der Waals surface area contributed by atoms with Gasteiger partial charge in [0, 0.05) is 33.2 Å². The standard InChI is InChI=1S/C20H23F3N4O3/c1-25-15-12-27(7-6-26-8-10-30-11-9-26)18(28)16(15)17(24-19(25)29)13-2-4-14(5-3-13)20(21,22)23/h2-5,17H,6-12H2,1H3,(H,24,29). The van der Waals surface area contributed by atoms with Crippen molar-refractivity contribution in [3.05, 3.63) is 46.7 Å². The van der Waals surface area contributed by atoms with E-state index < -0.39 is 17.8 Å². The minimum Gasteiger partial charge on any atom is -0.379 e. The van der Waals surface area contributed by atoms with Crippen LogP contribution >= 0.6 is 0 Å². The third-order valence-corrected chi connectivity index (χ3v) is 5.80. The molecule has 0 radical (unpaired) electrons. The molecule has 3 heterocycles. The molecule has 4 rings (SSSR count). The fourth-order valence-corrected chi connectivity index (χ4v) is 4.01.